The van der Waals surface area contributed by atoms with Crippen molar-refractivity contribution >= 4 is 53.0 Å². The number of hydrogen-bond acceptors (Lipinski definition) is 16. The molecule has 4 aliphatic heterocycles. The van der Waals surface area contributed by atoms with Crippen molar-refractivity contribution in [3.8, 4) is 0 Å². The average molecular weight is 945 g/mol. The van der Waals surface area contributed by atoms with Crippen LogP contribution in [0.1, 0.15) is 94.7 Å². The summed E-state index contributed by atoms with van der Waals surface area (Å²) in [7, 11) is 0. The molecule has 4 N–H and O–H groups in total. The third-order valence-electron chi connectivity index (χ3n) is 10.0. The van der Waals surface area contributed by atoms with E-state index in [1.165, 1.54) is 6.20 Å². The summed E-state index contributed by atoms with van der Waals surface area (Å²) in [6, 6.07) is -0.183. The fourth-order valence-corrected chi connectivity index (χ4v) is 7.66. The summed E-state index contributed by atoms with van der Waals surface area (Å²) in [5.74, 6) is -2.97. The van der Waals surface area contributed by atoms with Crippen molar-refractivity contribution in [2.45, 2.75) is 176 Å². The first-order chi connectivity index (χ1) is 28.7. The fourth-order valence-electron chi connectivity index (χ4n) is 7.50. The van der Waals surface area contributed by atoms with Crippen LogP contribution in [0.3, 0.4) is 0 Å². The zero-order chi connectivity index (χ0) is 46.0. The van der Waals surface area contributed by atoms with Gasteiger partial charge in [-0.1, -0.05) is 48.7 Å². The molecule has 0 aromatic carbocycles. The van der Waals surface area contributed by atoms with Gasteiger partial charge in [0.25, 0.3) is 5.56 Å². The molecule has 352 valence electrons. The SMILES string of the molecule is CCC1(CC)O[C@@H]2C(CNC(=O)OC(C)(C)C)OC(O[C@H]([C@H]3O[C@@H](n4ccc(=O)[nH]c4=O)[C@@H]4OC(C)(C)O[C@H]34)[C@H](NCCCNC(=O)OCC(Cl)(Cl)Cl)C(=O)OC(C)(C)C)[C@@H]2O1. The second kappa shape index (κ2) is 19.8. The Morgan fingerprint density at radius 1 is 0.855 bits per heavy atom. The number of H-pyrrole nitrogens is 1. The fraction of sp³-hybridized carbons (Fsp3) is 0.821. The van der Waals surface area contributed by atoms with Crippen LogP contribution >= 0.6 is 34.8 Å². The standard InChI is InChI=1S/C39H60Cl3N5O15/c1-11-38(12-2)59-23-20(18-45-34(52)62-36(6,7)8)54-31(28(23)60-38)56-24(22(30(49)61-35(3,4)5)43-15-13-16-44-33(51)53-19-39(40,41)42)25-26-27(58-37(9,10)57-26)29(55-25)47-17-14-21(48)46-32(47)50/h14,17,20,22-29,31,43H,11-13,15-16,18-19H2,1-10H3,(H,44,51)(H,45,52)(H,46,48,50)/t20?,22-,23+,24-,25+,26+,27+,28+,29+,31?/m0/s1. The molecule has 2 amide bonds. The second-order valence-corrected chi connectivity index (χ2v) is 20.3. The molecular formula is C39H60Cl3N5O15. The molecule has 20 nitrogen and oxygen atoms in total. The van der Waals surface area contributed by atoms with Gasteiger partial charge in [-0.15, -0.1) is 0 Å². The molecule has 0 saturated carbocycles. The molecule has 0 bridgehead atoms. The maximum Gasteiger partial charge on any atom is 0.407 e. The van der Waals surface area contributed by atoms with Crippen molar-refractivity contribution in [2.24, 2.45) is 0 Å². The van der Waals surface area contributed by atoms with Crippen molar-refractivity contribution in [1.29, 1.82) is 0 Å². The van der Waals surface area contributed by atoms with Gasteiger partial charge in [-0.25, -0.2) is 14.4 Å². The number of nitrogens with one attached hydrogen (secondary N) is 4. The van der Waals surface area contributed by atoms with Gasteiger partial charge in [-0.2, -0.15) is 0 Å². The average Bonchev–Trinajstić information content (AvgIpc) is 3.86. The zero-order valence-corrected chi connectivity index (χ0v) is 38.9. The first-order valence-electron chi connectivity index (χ1n) is 20.6. The summed E-state index contributed by atoms with van der Waals surface area (Å²) < 4.78 is 61.6. The molecule has 10 atom stereocenters. The Hall–Kier alpha value is -2.76. The predicted molar refractivity (Wildman–Crippen MR) is 222 cm³/mol. The minimum absolute atomic E-state index is 0.0503. The molecular weight excluding hydrogens is 885 g/mol. The first kappa shape index (κ1) is 50.2. The first-order valence-corrected chi connectivity index (χ1v) is 21.8. The van der Waals surface area contributed by atoms with E-state index in [1.807, 2.05) is 13.8 Å². The number of esters is 1. The molecule has 1 aromatic heterocycles. The smallest absolute Gasteiger partial charge is 0.407 e. The minimum atomic E-state index is -1.80. The van der Waals surface area contributed by atoms with Crippen molar-refractivity contribution in [1.82, 2.24) is 25.5 Å². The van der Waals surface area contributed by atoms with Gasteiger partial charge in [0, 0.05) is 25.4 Å². The van der Waals surface area contributed by atoms with Gasteiger partial charge in [0.05, 0.1) is 0 Å². The Kier molecular flexibility index (Phi) is 16.0. The number of alkyl carbamates (subject to hydrolysis) is 2. The highest BCUT2D eigenvalue weighted by Gasteiger charge is 2.63. The highest BCUT2D eigenvalue weighted by molar-refractivity contribution is 6.67. The number of aromatic amines is 1. The van der Waals surface area contributed by atoms with Crippen LogP contribution in [0.2, 0.25) is 0 Å². The third kappa shape index (κ3) is 13.2. The van der Waals surface area contributed by atoms with Crippen LogP contribution in [-0.4, -0.2) is 136 Å². The molecule has 62 heavy (non-hydrogen) atoms. The number of carbonyl (C=O) groups excluding carboxylic acids is 3. The summed E-state index contributed by atoms with van der Waals surface area (Å²) in [6.45, 7) is 17.2. The van der Waals surface area contributed by atoms with Gasteiger partial charge in [0.2, 0.25) is 3.79 Å². The van der Waals surface area contributed by atoms with Gasteiger partial charge in [0.15, 0.2) is 24.1 Å². The topological polar surface area (TPSA) is 234 Å². The molecule has 5 heterocycles. The number of aromatic nitrogens is 2. The Morgan fingerprint density at radius 2 is 1.50 bits per heavy atom. The lowest BCUT2D eigenvalue weighted by Crippen LogP contribution is -2.58. The monoisotopic (exact) mass is 943 g/mol. The zero-order valence-electron chi connectivity index (χ0n) is 36.6. The number of rotatable bonds is 16. The van der Waals surface area contributed by atoms with E-state index in [-0.39, 0.29) is 26.1 Å². The molecule has 4 saturated heterocycles. The minimum Gasteiger partial charge on any atom is -0.459 e. The van der Waals surface area contributed by atoms with E-state index in [0.29, 0.717) is 12.8 Å². The Bertz CT molecular complexity index is 1840. The van der Waals surface area contributed by atoms with Gasteiger partial charge in [-0.3, -0.25) is 19.1 Å². The Labute approximate surface area is 374 Å². The van der Waals surface area contributed by atoms with E-state index in [1.54, 1.807) is 55.4 Å². The number of alkyl halides is 3. The van der Waals surface area contributed by atoms with Crippen molar-refractivity contribution < 1.29 is 61.8 Å². The summed E-state index contributed by atoms with van der Waals surface area (Å²) in [5.41, 5.74) is -3.14. The van der Waals surface area contributed by atoms with Crippen molar-refractivity contribution in [3.63, 3.8) is 0 Å². The Balaban J connectivity index is 1.51. The van der Waals surface area contributed by atoms with E-state index in [9.17, 15) is 24.0 Å². The van der Waals surface area contributed by atoms with Crippen LogP contribution in [0, 0.1) is 0 Å². The van der Waals surface area contributed by atoms with E-state index in [2.05, 4.69) is 20.9 Å². The third-order valence-corrected chi connectivity index (χ3v) is 10.4. The van der Waals surface area contributed by atoms with Gasteiger partial charge >= 0.3 is 23.8 Å². The lowest BCUT2D eigenvalue weighted by molar-refractivity contribution is -0.276. The maximum absolute atomic E-state index is 14.5. The van der Waals surface area contributed by atoms with Gasteiger partial charge in [-0.05, 0) is 81.2 Å². The maximum atomic E-state index is 14.5. The largest absolute Gasteiger partial charge is 0.459 e. The van der Waals surface area contributed by atoms with E-state index in [4.69, 9.17) is 82.2 Å². The van der Waals surface area contributed by atoms with Crippen LogP contribution in [-0.2, 0) is 52.2 Å². The molecule has 23 heteroatoms. The van der Waals surface area contributed by atoms with Crippen molar-refractivity contribution in [3.05, 3.63) is 33.1 Å². The molecule has 4 fully saturated rings. The normalized spacial score (nSPS) is 28.7. The quantitative estimate of drug-likeness (QED) is 0.0801. The molecule has 1 aromatic rings. The number of hydrogen-bond donors (Lipinski definition) is 4. The highest BCUT2D eigenvalue weighted by atomic mass is 35.6. The summed E-state index contributed by atoms with van der Waals surface area (Å²) in [4.78, 5) is 67.0. The number of nitrogens with zero attached hydrogens (tertiary/aromatic N) is 1. The lowest BCUT2D eigenvalue weighted by atomic mass is 9.98. The number of fused-ring (bicyclic) bond motifs is 2. The number of ether oxygens (including phenoxy) is 10. The summed E-state index contributed by atoms with van der Waals surface area (Å²) in [6.07, 6.45) is -8.37. The van der Waals surface area contributed by atoms with Crippen LogP contribution in [0.4, 0.5) is 9.59 Å². The van der Waals surface area contributed by atoms with Crippen LogP contribution in [0.5, 0.6) is 0 Å². The van der Waals surface area contributed by atoms with Crippen molar-refractivity contribution in [2.75, 3.05) is 26.2 Å². The number of halogens is 3. The van der Waals surface area contributed by atoms with Crippen LogP contribution < -0.4 is 27.2 Å². The molecule has 2 unspecified atom stereocenters. The lowest BCUT2D eigenvalue weighted by Gasteiger charge is -2.37. The van der Waals surface area contributed by atoms with E-state index in [0.717, 1.165) is 10.6 Å². The Morgan fingerprint density at radius 3 is 2.11 bits per heavy atom. The molecule has 5 rings (SSSR count). The predicted octanol–water partition coefficient (Wildman–Crippen LogP) is 3.68. The molecule has 4 aliphatic rings. The van der Waals surface area contributed by atoms with Crippen LogP contribution in [0.25, 0.3) is 0 Å². The number of carbonyl (C=O) groups is 3. The molecule has 0 spiro atoms. The van der Waals surface area contributed by atoms with Gasteiger partial charge < -0.3 is 63.3 Å². The van der Waals surface area contributed by atoms with E-state index >= 15 is 0 Å². The van der Waals surface area contributed by atoms with Crippen LogP contribution in [0.15, 0.2) is 21.9 Å². The second-order valence-electron chi connectivity index (χ2n) is 17.8. The highest BCUT2D eigenvalue weighted by Crippen LogP contribution is 2.47. The molecule has 0 aliphatic carbocycles. The van der Waals surface area contributed by atoms with Gasteiger partial charge in [0.1, 0.15) is 66.6 Å². The number of amides is 2. The van der Waals surface area contributed by atoms with E-state index < -0.39 is 124 Å². The molecule has 0 radical (unpaired) electrons. The summed E-state index contributed by atoms with van der Waals surface area (Å²) in [5, 5.41) is 8.53. The summed E-state index contributed by atoms with van der Waals surface area (Å²) >= 11 is 17.1.